The maximum Gasteiger partial charge on any atom is 0.393 e. The number of amides is 1. The maximum atomic E-state index is 14.4. The molecule has 1 amide bonds. The number of anilines is 1. The van der Waals surface area contributed by atoms with Gasteiger partial charge in [0.2, 0.25) is 5.91 Å². The van der Waals surface area contributed by atoms with Crippen LogP contribution in [0.2, 0.25) is 0 Å². The third-order valence-corrected chi connectivity index (χ3v) is 4.47. The minimum absolute atomic E-state index is 0.0854. The standard InChI is InChI=1S/C22H20F4N4O/c23-19-13-28-11-15(21(19)16(10-27)12-29-17-6-7-17)3-8-20(31)30-18-4-1-14(2-5-18)9-22(24,25)26/h1-5,8,10-13,17,27,29H,6-7,9H2,(H,30,31)/b8-3+,16-12+,27-10?. The fourth-order valence-corrected chi connectivity index (χ4v) is 2.81. The van der Waals surface area contributed by atoms with Crippen molar-refractivity contribution in [3.8, 4) is 0 Å². The zero-order valence-corrected chi connectivity index (χ0v) is 16.3. The third kappa shape index (κ3) is 6.77. The summed E-state index contributed by atoms with van der Waals surface area (Å²) in [6.45, 7) is 0. The number of nitrogens with zero attached hydrogens (tertiary/aromatic N) is 1. The van der Waals surface area contributed by atoms with E-state index in [1.54, 1.807) is 6.20 Å². The van der Waals surface area contributed by atoms with Crippen molar-refractivity contribution < 1.29 is 22.4 Å². The number of alkyl halides is 3. The molecule has 2 aromatic rings. The van der Waals surface area contributed by atoms with Crippen LogP contribution in [0.15, 0.2) is 48.9 Å². The lowest BCUT2D eigenvalue weighted by Gasteiger charge is -2.09. The first-order valence-corrected chi connectivity index (χ1v) is 9.50. The van der Waals surface area contributed by atoms with Gasteiger partial charge in [-0.1, -0.05) is 12.1 Å². The Morgan fingerprint density at radius 1 is 1.19 bits per heavy atom. The van der Waals surface area contributed by atoms with Crippen LogP contribution in [-0.2, 0) is 11.2 Å². The summed E-state index contributed by atoms with van der Waals surface area (Å²) in [4.78, 5) is 16.0. The Labute approximate surface area is 176 Å². The van der Waals surface area contributed by atoms with Crippen LogP contribution in [0, 0.1) is 11.2 Å². The number of allylic oxidation sites excluding steroid dienone is 1. The number of nitrogens with one attached hydrogen (secondary N) is 3. The molecular formula is C22H20F4N4O. The predicted octanol–water partition coefficient (Wildman–Crippen LogP) is 4.72. The Hall–Kier alpha value is -3.49. The van der Waals surface area contributed by atoms with Crippen LogP contribution >= 0.6 is 0 Å². The molecule has 1 fully saturated rings. The Bertz CT molecular complexity index is 1010. The van der Waals surface area contributed by atoms with E-state index in [2.05, 4.69) is 15.6 Å². The summed E-state index contributed by atoms with van der Waals surface area (Å²) in [5, 5.41) is 13.2. The summed E-state index contributed by atoms with van der Waals surface area (Å²) in [7, 11) is 0. The van der Waals surface area contributed by atoms with E-state index < -0.39 is 24.3 Å². The van der Waals surface area contributed by atoms with Crippen LogP contribution < -0.4 is 10.6 Å². The first kappa shape index (κ1) is 22.2. The van der Waals surface area contributed by atoms with Crippen molar-refractivity contribution in [2.24, 2.45) is 0 Å². The quantitative estimate of drug-likeness (QED) is 0.321. The maximum absolute atomic E-state index is 14.4. The van der Waals surface area contributed by atoms with E-state index in [4.69, 9.17) is 5.41 Å². The number of carbonyl (C=O) groups excluding carboxylic acids is 1. The number of benzene rings is 1. The van der Waals surface area contributed by atoms with Gasteiger partial charge in [0.25, 0.3) is 0 Å². The molecule has 1 heterocycles. The summed E-state index contributed by atoms with van der Waals surface area (Å²) in [5.41, 5.74) is 1.17. The number of carbonyl (C=O) groups is 1. The monoisotopic (exact) mass is 432 g/mol. The number of pyridine rings is 1. The smallest absolute Gasteiger partial charge is 0.388 e. The molecule has 0 bridgehead atoms. The molecule has 0 unspecified atom stereocenters. The molecule has 1 aliphatic rings. The Kier molecular flexibility index (Phi) is 6.84. The molecule has 0 atom stereocenters. The van der Waals surface area contributed by atoms with Gasteiger partial charge in [-0.25, -0.2) is 4.39 Å². The lowest BCUT2D eigenvalue weighted by molar-refractivity contribution is -0.127. The molecule has 0 spiro atoms. The fourth-order valence-electron chi connectivity index (χ4n) is 2.81. The minimum Gasteiger partial charge on any atom is -0.388 e. The second kappa shape index (κ2) is 9.55. The summed E-state index contributed by atoms with van der Waals surface area (Å²) in [6.07, 6.45) is 4.22. The number of hydrogen-bond acceptors (Lipinski definition) is 4. The van der Waals surface area contributed by atoms with E-state index in [1.807, 2.05) is 0 Å². The van der Waals surface area contributed by atoms with Gasteiger partial charge in [-0.05, 0) is 36.6 Å². The number of aromatic nitrogens is 1. The van der Waals surface area contributed by atoms with Gasteiger partial charge >= 0.3 is 6.18 Å². The second-order valence-electron chi connectivity index (χ2n) is 7.08. The highest BCUT2D eigenvalue weighted by atomic mass is 19.4. The van der Waals surface area contributed by atoms with Crippen LogP contribution in [-0.4, -0.2) is 29.3 Å². The van der Waals surface area contributed by atoms with E-state index >= 15 is 0 Å². The summed E-state index contributed by atoms with van der Waals surface area (Å²) in [6, 6.07) is 5.65. The van der Waals surface area contributed by atoms with Crippen LogP contribution in [0.25, 0.3) is 11.6 Å². The second-order valence-corrected chi connectivity index (χ2v) is 7.08. The highest BCUT2D eigenvalue weighted by molar-refractivity contribution is 6.10. The highest BCUT2D eigenvalue weighted by Crippen LogP contribution is 2.24. The molecule has 1 saturated carbocycles. The lowest BCUT2D eigenvalue weighted by Crippen LogP contribution is -2.12. The molecular weight excluding hydrogens is 412 g/mol. The molecule has 3 rings (SSSR count). The largest absolute Gasteiger partial charge is 0.393 e. The van der Waals surface area contributed by atoms with E-state index in [0.29, 0.717) is 22.9 Å². The molecule has 0 radical (unpaired) electrons. The minimum atomic E-state index is -4.30. The molecule has 0 aliphatic heterocycles. The van der Waals surface area contributed by atoms with Crippen LogP contribution in [0.4, 0.5) is 23.2 Å². The lowest BCUT2D eigenvalue weighted by atomic mass is 10.0. The molecule has 0 saturated heterocycles. The number of hydrogen-bond donors (Lipinski definition) is 3. The molecule has 162 valence electrons. The first-order valence-electron chi connectivity index (χ1n) is 9.50. The molecule has 5 nitrogen and oxygen atoms in total. The molecule has 1 aromatic heterocycles. The zero-order valence-electron chi connectivity index (χ0n) is 16.3. The van der Waals surface area contributed by atoms with E-state index in [9.17, 15) is 22.4 Å². The molecule has 1 aromatic carbocycles. The van der Waals surface area contributed by atoms with Crippen molar-refractivity contribution >= 4 is 29.5 Å². The molecule has 1 aliphatic carbocycles. The summed E-state index contributed by atoms with van der Waals surface area (Å²) < 4.78 is 51.7. The van der Waals surface area contributed by atoms with E-state index in [1.165, 1.54) is 42.6 Å². The Morgan fingerprint density at radius 2 is 1.90 bits per heavy atom. The average Bonchev–Trinajstić information content (AvgIpc) is 3.53. The van der Waals surface area contributed by atoms with Crippen molar-refractivity contribution in [3.63, 3.8) is 0 Å². The zero-order chi connectivity index (χ0) is 22.4. The first-order chi connectivity index (χ1) is 14.7. The molecule has 3 N–H and O–H groups in total. The van der Waals surface area contributed by atoms with E-state index in [-0.39, 0.29) is 11.1 Å². The SMILES string of the molecule is N=C/C(=C\NC1CC1)c1c(F)cncc1/C=C/C(=O)Nc1ccc(CC(F)(F)F)cc1. The molecule has 9 heteroatoms. The van der Waals surface area contributed by atoms with E-state index in [0.717, 1.165) is 25.3 Å². The topological polar surface area (TPSA) is 77.9 Å². The van der Waals surface area contributed by atoms with Crippen LogP contribution in [0.1, 0.15) is 29.5 Å². The highest BCUT2D eigenvalue weighted by Gasteiger charge is 2.27. The van der Waals surface area contributed by atoms with Gasteiger partial charge in [-0.3, -0.25) is 9.78 Å². The predicted molar refractivity (Wildman–Crippen MR) is 111 cm³/mol. The Morgan fingerprint density at radius 3 is 2.52 bits per heavy atom. The summed E-state index contributed by atoms with van der Waals surface area (Å²) >= 11 is 0. The van der Waals surface area contributed by atoms with Gasteiger partial charge in [0.1, 0.15) is 5.82 Å². The fraction of sp³-hybridized carbons (Fsp3) is 0.227. The number of halogens is 4. The molecule has 31 heavy (non-hydrogen) atoms. The van der Waals surface area contributed by atoms with Crippen LogP contribution in [0.3, 0.4) is 0 Å². The van der Waals surface area contributed by atoms with Gasteiger partial charge in [-0.2, -0.15) is 13.2 Å². The third-order valence-electron chi connectivity index (χ3n) is 4.47. The summed E-state index contributed by atoms with van der Waals surface area (Å²) in [5.74, 6) is -1.18. The van der Waals surface area contributed by atoms with Crippen molar-refractivity contribution in [2.75, 3.05) is 5.32 Å². The van der Waals surface area contributed by atoms with Gasteiger partial charge in [0.05, 0.1) is 12.6 Å². The van der Waals surface area contributed by atoms with Crippen LogP contribution in [0.5, 0.6) is 0 Å². The van der Waals surface area contributed by atoms with Crippen molar-refractivity contribution in [2.45, 2.75) is 31.5 Å². The number of rotatable bonds is 8. The van der Waals surface area contributed by atoms with Crippen molar-refractivity contribution in [3.05, 3.63) is 71.4 Å². The normalized spacial score (nSPS) is 14.5. The average molecular weight is 432 g/mol. The van der Waals surface area contributed by atoms with Gasteiger partial charge < -0.3 is 16.0 Å². The van der Waals surface area contributed by atoms with Gasteiger partial charge in [0.15, 0.2) is 0 Å². The van der Waals surface area contributed by atoms with Crippen molar-refractivity contribution in [1.82, 2.24) is 10.3 Å². The van der Waals surface area contributed by atoms with Gasteiger partial charge in [-0.15, -0.1) is 0 Å². The van der Waals surface area contributed by atoms with Gasteiger partial charge in [0, 0.05) is 53.1 Å². The Balaban J connectivity index is 1.71. The van der Waals surface area contributed by atoms with Crippen molar-refractivity contribution in [1.29, 1.82) is 5.41 Å².